The molecule has 6 atom stereocenters. The first-order chi connectivity index (χ1) is 13.1. The summed E-state index contributed by atoms with van der Waals surface area (Å²) in [6.45, 7) is 6.19. The van der Waals surface area contributed by atoms with E-state index >= 15 is 0 Å². The molecule has 1 aliphatic heterocycles. The molecule has 0 N–H and O–H groups in total. The molecule has 0 aromatic heterocycles. The smallest absolute Gasteiger partial charge is 0.254 e. The lowest BCUT2D eigenvalue weighted by Gasteiger charge is -2.37. The largest absolute Gasteiger partial charge is 0.372 e. The number of hydrogen-bond donors (Lipinski definition) is 0. The number of hydrogen-bond acceptors (Lipinski definition) is 4. The first-order valence-electron chi connectivity index (χ1n) is 10.1. The van der Waals surface area contributed by atoms with E-state index in [-0.39, 0.29) is 35.5 Å². The predicted molar refractivity (Wildman–Crippen MR) is 104 cm³/mol. The summed E-state index contributed by atoms with van der Waals surface area (Å²) in [5.74, 6) is 1.16. The van der Waals surface area contributed by atoms with Crippen molar-refractivity contribution in [2.24, 2.45) is 40.6 Å². The monoisotopic (exact) mass is 363 g/mol. The molecule has 2 bridgehead atoms. The fraction of sp³-hybridized carbons (Fsp3) is 0.500. The van der Waals surface area contributed by atoms with Crippen LogP contribution in [0.25, 0.3) is 0 Å². The van der Waals surface area contributed by atoms with Gasteiger partial charge in [0, 0.05) is 18.8 Å². The molecule has 0 radical (unpaired) electrons. The van der Waals surface area contributed by atoms with Crippen molar-refractivity contribution in [3.05, 3.63) is 42.0 Å². The highest BCUT2D eigenvalue weighted by molar-refractivity contribution is 6.06. The molecular weight excluding hydrogens is 338 g/mol. The number of benzene rings is 1. The number of imide groups is 1. The van der Waals surface area contributed by atoms with Gasteiger partial charge in [-0.3, -0.25) is 9.59 Å². The van der Waals surface area contributed by atoms with Gasteiger partial charge in [0.15, 0.2) is 0 Å². The van der Waals surface area contributed by atoms with Crippen molar-refractivity contribution in [3.63, 3.8) is 0 Å². The first-order valence-corrected chi connectivity index (χ1v) is 10.1. The molecule has 1 heterocycles. The lowest BCUT2D eigenvalue weighted by atomic mass is 9.63. The summed E-state index contributed by atoms with van der Waals surface area (Å²) in [4.78, 5) is 28.1. The zero-order valence-corrected chi connectivity index (χ0v) is 15.8. The van der Waals surface area contributed by atoms with Gasteiger partial charge in [0.05, 0.1) is 18.1 Å². The van der Waals surface area contributed by atoms with Crippen LogP contribution in [0.1, 0.15) is 25.8 Å². The third-order valence-electron chi connectivity index (χ3n) is 6.98. The van der Waals surface area contributed by atoms with E-state index in [0.717, 1.165) is 23.7 Å². The number of allylic oxidation sites excluding steroid dienone is 2. The number of rotatable bonds is 5. The Bertz CT molecular complexity index is 804. The van der Waals surface area contributed by atoms with Gasteiger partial charge in [-0.25, -0.2) is 0 Å². The van der Waals surface area contributed by atoms with E-state index in [2.05, 4.69) is 48.1 Å². The van der Waals surface area contributed by atoms with Gasteiger partial charge in [-0.2, -0.15) is 10.1 Å². The number of amides is 2. The normalized spacial score (nSPS) is 35.7. The highest BCUT2D eigenvalue weighted by atomic mass is 16.2. The maximum atomic E-state index is 12.9. The first kappa shape index (κ1) is 16.7. The van der Waals surface area contributed by atoms with Gasteiger partial charge in [0.1, 0.15) is 0 Å². The average molecular weight is 363 g/mol. The van der Waals surface area contributed by atoms with Gasteiger partial charge in [0.25, 0.3) is 11.8 Å². The van der Waals surface area contributed by atoms with Crippen molar-refractivity contribution >= 4 is 23.7 Å². The Morgan fingerprint density at radius 2 is 1.56 bits per heavy atom. The highest BCUT2D eigenvalue weighted by Gasteiger charge is 2.67. The van der Waals surface area contributed by atoms with Crippen molar-refractivity contribution in [2.75, 3.05) is 18.0 Å². The fourth-order valence-corrected chi connectivity index (χ4v) is 5.54. The van der Waals surface area contributed by atoms with Crippen LogP contribution in [0.4, 0.5) is 5.69 Å². The molecule has 0 spiro atoms. The van der Waals surface area contributed by atoms with Crippen LogP contribution in [0.3, 0.4) is 0 Å². The number of carbonyl (C=O) groups excluding carboxylic acids is 2. The van der Waals surface area contributed by atoms with Crippen molar-refractivity contribution in [2.45, 2.75) is 20.3 Å². The molecule has 4 aliphatic carbocycles. The molecule has 5 heteroatoms. The summed E-state index contributed by atoms with van der Waals surface area (Å²) < 4.78 is 0. The molecule has 27 heavy (non-hydrogen) atoms. The number of carbonyl (C=O) groups is 2. The van der Waals surface area contributed by atoms with Gasteiger partial charge in [-0.1, -0.05) is 24.3 Å². The van der Waals surface area contributed by atoms with Gasteiger partial charge in [-0.15, -0.1) is 0 Å². The molecule has 6 rings (SSSR count). The topological polar surface area (TPSA) is 53.0 Å². The molecule has 5 aliphatic rings. The summed E-state index contributed by atoms with van der Waals surface area (Å²) in [6.07, 6.45) is 7.18. The number of nitrogens with zero attached hydrogens (tertiary/aromatic N) is 3. The minimum absolute atomic E-state index is 0.106. The van der Waals surface area contributed by atoms with E-state index in [4.69, 9.17) is 0 Å². The summed E-state index contributed by atoms with van der Waals surface area (Å²) in [5.41, 5.74) is 2.06. The third kappa shape index (κ3) is 2.40. The van der Waals surface area contributed by atoms with Crippen LogP contribution in [-0.2, 0) is 9.59 Å². The number of hydrazone groups is 1. The molecule has 1 aromatic rings. The Balaban J connectivity index is 1.34. The maximum absolute atomic E-state index is 12.9. The third-order valence-corrected chi connectivity index (χ3v) is 6.98. The molecule has 1 saturated heterocycles. The Labute approximate surface area is 159 Å². The Morgan fingerprint density at radius 1 is 1.00 bits per heavy atom. The van der Waals surface area contributed by atoms with Crippen molar-refractivity contribution in [1.82, 2.24) is 5.01 Å². The molecule has 1 aromatic carbocycles. The molecule has 2 saturated carbocycles. The van der Waals surface area contributed by atoms with Crippen LogP contribution >= 0.6 is 0 Å². The predicted octanol–water partition coefficient (Wildman–Crippen LogP) is 2.92. The van der Waals surface area contributed by atoms with Gasteiger partial charge >= 0.3 is 0 Å². The summed E-state index contributed by atoms with van der Waals surface area (Å²) in [5, 5.41) is 5.44. The summed E-state index contributed by atoms with van der Waals surface area (Å²) in [7, 11) is 0. The Hall–Kier alpha value is -2.43. The molecular formula is C22H25N3O2. The highest BCUT2D eigenvalue weighted by Crippen LogP contribution is 2.65. The zero-order valence-electron chi connectivity index (χ0n) is 15.8. The standard InChI is InChI=1S/C22H25N3O2/c1-3-24(4-2)14-7-5-13(6-8-14)12-23-25-21(26)19-15-9-10-16(18-11-17(15)18)20(19)22(25)27/h5-10,12,15-20H,3-4,11H2,1-2H3/b23-12+. The van der Waals surface area contributed by atoms with Crippen LogP contribution < -0.4 is 4.90 Å². The van der Waals surface area contributed by atoms with Crippen LogP contribution in [-0.4, -0.2) is 36.1 Å². The van der Waals surface area contributed by atoms with Crippen LogP contribution in [0.2, 0.25) is 0 Å². The van der Waals surface area contributed by atoms with E-state index in [1.807, 2.05) is 12.1 Å². The SMILES string of the molecule is CCN(CC)c1ccc(/C=N/N2C(=O)C3C4C=CC(C5CC45)C3C2=O)cc1. The number of anilines is 1. The Morgan fingerprint density at radius 3 is 2.07 bits per heavy atom. The second-order valence-electron chi connectivity index (χ2n) is 8.15. The average Bonchev–Trinajstić information content (AvgIpc) is 3.47. The fourth-order valence-electron chi connectivity index (χ4n) is 5.54. The molecule has 6 unspecified atom stereocenters. The molecule has 3 fully saturated rings. The molecule has 2 amide bonds. The maximum Gasteiger partial charge on any atom is 0.254 e. The van der Waals surface area contributed by atoms with E-state index in [9.17, 15) is 9.59 Å². The lowest BCUT2D eigenvalue weighted by Crippen LogP contribution is -2.40. The van der Waals surface area contributed by atoms with Crippen molar-refractivity contribution in [1.29, 1.82) is 0 Å². The van der Waals surface area contributed by atoms with E-state index in [1.54, 1.807) is 6.21 Å². The minimum Gasteiger partial charge on any atom is -0.372 e. The lowest BCUT2D eigenvalue weighted by molar-refractivity contribution is -0.140. The second kappa shape index (κ2) is 6.04. The van der Waals surface area contributed by atoms with Gasteiger partial charge in [0.2, 0.25) is 0 Å². The van der Waals surface area contributed by atoms with Gasteiger partial charge in [-0.05, 0) is 61.6 Å². The minimum atomic E-state index is -0.182. The Kier molecular flexibility index (Phi) is 3.74. The summed E-state index contributed by atoms with van der Waals surface area (Å²) >= 11 is 0. The van der Waals surface area contributed by atoms with Crippen molar-refractivity contribution < 1.29 is 9.59 Å². The van der Waals surface area contributed by atoms with Crippen LogP contribution in [0.15, 0.2) is 41.5 Å². The second-order valence-corrected chi connectivity index (χ2v) is 8.15. The van der Waals surface area contributed by atoms with E-state index < -0.39 is 0 Å². The van der Waals surface area contributed by atoms with Gasteiger partial charge < -0.3 is 4.90 Å². The summed E-state index contributed by atoms with van der Waals surface area (Å²) in [6, 6.07) is 8.07. The van der Waals surface area contributed by atoms with Crippen LogP contribution in [0.5, 0.6) is 0 Å². The molecule has 5 nitrogen and oxygen atoms in total. The molecule has 140 valence electrons. The van der Waals surface area contributed by atoms with E-state index in [0.29, 0.717) is 11.8 Å². The van der Waals surface area contributed by atoms with E-state index in [1.165, 1.54) is 12.1 Å². The zero-order chi connectivity index (χ0) is 18.7. The van der Waals surface area contributed by atoms with Crippen molar-refractivity contribution in [3.8, 4) is 0 Å². The van der Waals surface area contributed by atoms with Crippen LogP contribution in [0, 0.1) is 35.5 Å². The quantitative estimate of drug-likeness (QED) is 0.459.